The monoisotopic (exact) mass is 277 g/mol. The van der Waals surface area contributed by atoms with E-state index in [0.29, 0.717) is 11.5 Å². The van der Waals surface area contributed by atoms with Gasteiger partial charge in [-0.15, -0.1) is 0 Å². The Hall–Kier alpha value is -0.830. The molecule has 3 heteroatoms. The Labute approximate surface area is 123 Å². The van der Waals surface area contributed by atoms with Crippen LogP contribution in [0, 0.1) is 11.3 Å². The lowest BCUT2D eigenvalue weighted by Gasteiger charge is -2.39. The molecule has 1 aromatic rings. The maximum absolute atomic E-state index is 6.13. The molecule has 0 radical (unpaired) electrons. The molecular formula is C17H31N3. The quantitative estimate of drug-likeness (QED) is 0.856. The van der Waals surface area contributed by atoms with E-state index in [1.807, 2.05) is 0 Å². The van der Waals surface area contributed by atoms with Gasteiger partial charge in [0.05, 0.1) is 11.7 Å². The second-order valence-electron chi connectivity index (χ2n) is 6.84. The molecule has 2 unspecified atom stereocenters. The van der Waals surface area contributed by atoms with Crippen LogP contribution in [0.2, 0.25) is 0 Å². The van der Waals surface area contributed by atoms with Crippen molar-refractivity contribution in [1.82, 2.24) is 9.78 Å². The van der Waals surface area contributed by atoms with Gasteiger partial charge < -0.3 is 5.73 Å². The average Bonchev–Trinajstić information content (AvgIpc) is 2.88. The molecule has 1 aliphatic carbocycles. The molecule has 0 bridgehead atoms. The number of rotatable bonds is 6. The van der Waals surface area contributed by atoms with Gasteiger partial charge >= 0.3 is 0 Å². The minimum atomic E-state index is 0.296. The molecule has 1 heterocycles. The van der Waals surface area contributed by atoms with Gasteiger partial charge in [0.15, 0.2) is 0 Å². The zero-order valence-corrected chi connectivity index (χ0v) is 13.4. The summed E-state index contributed by atoms with van der Waals surface area (Å²) in [6.45, 7) is 7.64. The third-order valence-electron chi connectivity index (χ3n) is 5.15. The molecule has 0 aliphatic heterocycles. The molecule has 114 valence electrons. The van der Waals surface area contributed by atoms with E-state index in [1.165, 1.54) is 31.4 Å². The van der Waals surface area contributed by atoms with Gasteiger partial charge in [0, 0.05) is 6.20 Å². The molecule has 1 fully saturated rings. The van der Waals surface area contributed by atoms with Crippen LogP contribution in [-0.4, -0.2) is 16.3 Å². The summed E-state index contributed by atoms with van der Waals surface area (Å²) in [6, 6.07) is 2.75. The zero-order chi connectivity index (χ0) is 14.6. The van der Waals surface area contributed by atoms with E-state index in [-0.39, 0.29) is 0 Å². The zero-order valence-electron chi connectivity index (χ0n) is 13.4. The largest absolute Gasteiger partial charge is 0.330 e. The summed E-state index contributed by atoms with van der Waals surface area (Å²) in [5, 5.41) is 4.83. The minimum absolute atomic E-state index is 0.296. The summed E-state index contributed by atoms with van der Waals surface area (Å²) >= 11 is 0. The molecular weight excluding hydrogens is 246 g/mol. The van der Waals surface area contributed by atoms with Gasteiger partial charge in [-0.25, -0.2) is 0 Å². The van der Waals surface area contributed by atoms with Crippen LogP contribution < -0.4 is 5.73 Å². The SMILES string of the molecule is CCC(CC)n1ccc(CC2(CN)CCCC(C)C2)n1. The highest BCUT2D eigenvalue weighted by atomic mass is 15.3. The molecule has 2 rings (SSSR count). The first kappa shape index (κ1) is 15.6. The molecule has 1 saturated carbocycles. The average molecular weight is 277 g/mol. The van der Waals surface area contributed by atoms with Gasteiger partial charge in [-0.2, -0.15) is 5.10 Å². The molecule has 20 heavy (non-hydrogen) atoms. The number of hydrogen-bond acceptors (Lipinski definition) is 2. The summed E-state index contributed by atoms with van der Waals surface area (Å²) in [6.07, 6.45) is 10.7. The molecule has 1 aliphatic rings. The predicted octanol–water partition coefficient (Wildman–Crippen LogP) is 3.94. The van der Waals surface area contributed by atoms with E-state index in [1.54, 1.807) is 0 Å². The van der Waals surface area contributed by atoms with Gasteiger partial charge in [-0.1, -0.05) is 33.6 Å². The van der Waals surface area contributed by atoms with Gasteiger partial charge in [-0.3, -0.25) is 4.68 Å². The third-order valence-corrected chi connectivity index (χ3v) is 5.15. The fraction of sp³-hybridized carbons (Fsp3) is 0.824. The lowest BCUT2D eigenvalue weighted by molar-refractivity contribution is 0.152. The van der Waals surface area contributed by atoms with E-state index in [9.17, 15) is 0 Å². The fourth-order valence-corrected chi connectivity index (χ4v) is 3.91. The molecule has 2 atom stereocenters. The van der Waals surface area contributed by atoms with Gasteiger partial charge in [0.25, 0.3) is 0 Å². The second kappa shape index (κ2) is 6.75. The molecule has 0 spiro atoms. The molecule has 0 amide bonds. The highest BCUT2D eigenvalue weighted by molar-refractivity contribution is 5.05. The van der Waals surface area contributed by atoms with Crippen LogP contribution in [0.3, 0.4) is 0 Å². The van der Waals surface area contributed by atoms with Crippen molar-refractivity contribution in [3.8, 4) is 0 Å². The third kappa shape index (κ3) is 3.43. The topological polar surface area (TPSA) is 43.8 Å². The van der Waals surface area contributed by atoms with E-state index >= 15 is 0 Å². The predicted molar refractivity (Wildman–Crippen MR) is 84.7 cm³/mol. The maximum Gasteiger partial charge on any atom is 0.0630 e. The summed E-state index contributed by atoms with van der Waals surface area (Å²) in [4.78, 5) is 0. The summed E-state index contributed by atoms with van der Waals surface area (Å²) in [7, 11) is 0. The molecule has 2 N–H and O–H groups in total. The Balaban J connectivity index is 2.08. The van der Waals surface area contributed by atoms with Crippen LogP contribution in [0.5, 0.6) is 0 Å². The molecule has 1 aromatic heterocycles. The van der Waals surface area contributed by atoms with E-state index in [2.05, 4.69) is 37.7 Å². The first-order chi connectivity index (χ1) is 9.62. The van der Waals surface area contributed by atoms with Crippen molar-refractivity contribution in [3.63, 3.8) is 0 Å². The molecule has 0 aromatic carbocycles. The van der Waals surface area contributed by atoms with Gasteiger partial charge in [0.1, 0.15) is 0 Å². The van der Waals surface area contributed by atoms with Crippen LogP contribution in [0.1, 0.15) is 71.0 Å². The molecule has 0 saturated heterocycles. The highest BCUT2D eigenvalue weighted by Crippen LogP contribution is 2.40. The van der Waals surface area contributed by atoms with Gasteiger partial charge in [0.2, 0.25) is 0 Å². The fourth-order valence-electron chi connectivity index (χ4n) is 3.91. The van der Waals surface area contributed by atoms with Crippen LogP contribution >= 0.6 is 0 Å². The van der Waals surface area contributed by atoms with Crippen molar-refractivity contribution in [3.05, 3.63) is 18.0 Å². The van der Waals surface area contributed by atoms with E-state index in [4.69, 9.17) is 10.8 Å². The number of hydrogen-bond donors (Lipinski definition) is 1. The van der Waals surface area contributed by atoms with Crippen LogP contribution in [0.15, 0.2) is 12.3 Å². The number of nitrogens with two attached hydrogens (primary N) is 1. The van der Waals surface area contributed by atoms with Crippen LogP contribution in [0.25, 0.3) is 0 Å². The summed E-state index contributed by atoms with van der Waals surface area (Å²) < 4.78 is 2.16. The standard InChI is InChI=1S/C17H31N3/c1-4-16(5-2)20-10-8-15(19-20)12-17(13-18)9-6-7-14(3)11-17/h8,10,14,16H,4-7,9,11-13,18H2,1-3H3. The Bertz CT molecular complexity index is 408. The minimum Gasteiger partial charge on any atom is -0.330 e. The molecule has 3 nitrogen and oxygen atoms in total. The lowest BCUT2D eigenvalue weighted by Crippen LogP contribution is -2.37. The first-order valence-electron chi connectivity index (χ1n) is 8.36. The van der Waals surface area contributed by atoms with Crippen molar-refractivity contribution in [2.45, 2.75) is 71.8 Å². The van der Waals surface area contributed by atoms with Crippen molar-refractivity contribution < 1.29 is 0 Å². The Morgan fingerprint density at radius 1 is 1.45 bits per heavy atom. The summed E-state index contributed by atoms with van der Waals surface area (Å²) in [5.41, 5.74) is 7.66. The van der Waals surface area contributed by atoms with Crippen molar-refractivity contribution in [2.24, 2.45) is 17.1 Å². The lowest BCUT2D eigenvalue weighted by atomic mass is 9.68. The van der Waals surface area contributed by atoms with Crippen LogP contribution in [-0.2, 0) is 6.42 Å². The van der Waals surface area contributed by atoms with Crippen LogP contribution in [0.4, 0.5) is 0 Å². The van der Waals surface area contributed by atoms with Crippen molar-refractivity contribution >= 4 is 0 Å². The first-order valence-corrected chi connectivity index (χ1v) is 8.36. The highest BCUT2D eigenvalue weighted by Gasteiger charge is 2.34. The van der Waals surface area contributed by atoms with Crippen molar-refractivity contribution in [1.29, 1.82) is 0 Å². The Morgan fingerprint density at radius 2 is 2.20 bits per heavy atom. The van der Waals surface area contributed by atoms with E-state index in [0.717, 1.165) is 31.7 Å². The van der Waals surface area contributed by atoms with E-state index < -0.39 is 0 Å². The number of nitrogens with zero attached hydrogens (tertiary/aromatic N) is 2. The Kier molecular flexibility index (Phi) is 5.25. The van der Waals surface area contributed by atoms with Gasteiger partial charge in [-0.05, 0) is 56.0 Å². The maximum atomic E-state index is 6.13. The normalized spacial score (nSPS) is 27.1. The number of aromatic nitrogens is 2. The van der Waals surface area contributed by atoms with Crippen molar-refractivity contribution in [2.75, 3.05) is 6.54 Å². The second-order valence-corrected chi connectivity index (χ2v) is 6.84. The smallest absolute Gasteiger partial charge is 0.0630 e. The summed E-state index contributed by atoms with van der Waals surface area (Å²) in [5.74, 6) is 0.813. The Morgan fingerprint density at radius 3 is 2.80 bits per heavy atom.